The van der Waals surface area contributed by atoms with Gasteiger partial charge in [0.25, 0.3) is 5.91 Å². The molecule has 0 aliphatic carbocycles. The number of carbonyl (C=O) groups is 2. The van der Waals surface area contributed by atoms with Crippen LogP contribution in [0.3, 0.4) is 0 Å². The average Bonchev–Trinajstić information content (AvgIpc) is 3.61. The van der Waals surface area contributed by atoms with Gasteiger partial charge in [0.2, 0.25) is 15.9 Å². The molecular weight excluding hydrogens is 678 g/mol. The zero-order valence-corrected chi connectivity index (χ0v) is 32.7. The molecule has 0 atom stereocenters. The molecule has 12 nitrogen and oxygen atoms in total. The van der Waals surface area contributed by atoms with Crippen LogP contribution in [-0.4, -0.2) is 64.5 Å². The van der Waals surface area contributed by atoms with Crippen LogP contribution in [0.4, 0.5) is 5.69 Å². The Hall–Kier alpha value is -3.16. The van der Waals surface area contributed by atoms with E-state index in [1.807, 2.05) is 27.7 Å². The molecule has 14 heteroatoms. The van der Waals surface area contributed by atoms with Crippen LogP contribution < -0.4 is 20.1 Å². The van der Waals surface area contributed by atoms with Crippen LogP contribution in [0.1, 0.15) is 131 Å². The Morgan fingerprint density at radius 1 is 0.880 bits per heavy atom. The summed E-state index contributed by atoms with van der Waals surface area (Å²) in [6.45, 7) is 15.4. The maximum Gasteiger partial charge on any atom is 0.258 e. The highest BCUT2D eigenvalue weighted by Gasteiger charge is 2.44. The number of rotatable bonds is 21. The number of aromatic nitrogens is 4. The van der Waals surface area contributed by atoms with Crippen molar-refractivity contribution in [3.8, 4) is 5.75 Å². The van der Waals surface area contributed by atoms with E-state index in [1.165, 1.54) is 38.5 Å². The Morgan fingerprint density at radius 3 is 2.10 bits per heavy atom. The van der Waals surface area contributed by atoms with Crippen molar-refractivity contribution in [1.82, 2.24) is 29.9 Å². The van der Waals surface area contributed by atoms with Crippen LogP contribution in [0.15, 0.2) is 24.3 Å². The molecule has 280 valence electrons. The predicted octanol–water partition coefficient (Wildman–Crippen LogP) is 7.04. The summed E-state index contributed by atoms with van der Waals surface area (Å²) in [5.74, 6) is -0.0694. The van der Waals surface area contributed by atoms with Gasteiger partial charge < -0.3 is 15.4 Å². The molecule has 0 fully saturated rings. The Labute approximate surface area is 303 Å². The number of carbonyl (C=O) groups excluding carboxylic acids is 2. The Bertz CT molecular complexity index is 1680. The van der Waals surface area contributed by atoms with Crippen LogP contribution in [0.5, 0.6) is 5.75 Å². The number of sulfonamides is 1. The molecule has 2 aromatic heterocycles. The van der Waals surface area contributed by atoms with Gasteiger partial charge in [0, 0.05) is 16.4 Å². The van der Waals surface area contributed by atoms with E-state index < -0.39 is 33.4 Å². The fraction of sp³-hybridized carbons (Fsp3) is 0.667. The Kier molecular flexibility index (Phi) is 14.7. The molecule has 3 rings (SSSR count). The predicted molar refractivity (Wildman–Crippen MR) is 200 cm³/mol. The molecule has 0 saturated heterocycles. The second-order valence-corrected chi connectivity index (χ2v) is 17.5. The van der Waals surface area contributed by atoms with Crippen LogP contribution in [0, 0.1) is 0 Å². The third kappa shape index (κ3) is 11.4. The van der Waals surface area contributed by atoms with Gasteiger partial charge >= 0.3 is 0 Å². The van der Waals surface area contributed by atoms with Gasteiger partial charge in [0.15, 0.2) is 18.1 Å². The second kappa shape index (κ2) is 17.9. The summed E-state index contributed by atoms with van der Waals surface area (Å²) in [7, 11) is -3.59. The van der Waals surface area contributed by atoms with Crippen molar-refractivity contribution in [1.29, 1.82) is 0 Å². The maximum absolute atomic E-state index is 13.2. The minimum Gasteiger partial charge on any atom is -0.482 e. The lowest BCUT2D eigenvalue weighted by Gasteiger charge is -2.40. The van der Waals surface area contributed by atoms with E-state index in [0.717, 1.165) is 25.0 Å². The normalized spacial score (nSPS) is 12.7. The summed E-state index contributed by atoms with van der Waals surface area (Å²) >= 11 is 6.64. The van der Waals surface area contributed by atoms with E-state index in [0.29, 0.717) is 28.6 Å². The highest BCUT2D eigenvalue weighted by Crippen LogP contribution is 2.37. The zero-order valence-electron chi connectivity index (χ0n) is 31.2. The lowest BCUT2D eigenvalue weighted by Crippen LogP contribution is -2.57. The first-order valence-corrected chi connectivity index (χ1v) is 19.9. The molecule has 1 aromatic carbocycles. The van der Waals surface area contributed by atoms with Crippen LogP contribution in [-0.2, 0) is 30.4 Å². The average molecular weight is 736 g/mol. The van der Waals surface area contributed by atoms with Crippen LogP contribution in [0.25, 0.3) is 5.65 Å². The minimum atomic E-state index is -3.59. The number of anilines is 1. The Balaban J connectivity index is 1.49. The summed E-state index contributed by atoms with van der Waals surface area (Å²) < 4.78 is 34.9. The monoisotopic (exact) mass is 735 g/mol. The van der Waals surface area contributed by atoms with Gasteiger partial charge in [0.05, 0.1) is 23.7 Å². The molecule has 0 aliphatic heterocycles. The third-order valence-corrected chi connectivity index (χ3v) is 11.1. The number of halogens is 1. The number of nitrogens with zero attached hydrogens (tertiary/aromatic N) is 3. The van der Waals surface area contributed by atoms with Crippen molar-refractivity contribution in [2.24, 2.45) is 0 Å². The maximum atomic E-state index is 13.2. The largest absolute Gasteiger partial charge is 0.482 e. The highest BCUT2D eigenvalue weighted by atomic mass is 35.5. The molecule has 0 saturated carbocycles. The van der Waals surface area contributed by atoms with Crippen molar-refractivity contribution < 1.29 is 22.7 Å². The molecule has 50 heavy (non-hydrogen) atoms. The van der Waals surface area contributed by atoms with E-state index >= 15 is 0 Å². The minimum absolute atomic E-state index is 0.0165. The molecule has 0 radical (unpaired) electrons. The fourth-order valence-corrected chi connectivity index (χ4v) is 7.12. The molecule has 0 spiro atoms. The van der Waals surface area contributed by atoms with E-state index in [-0.39, 0.29) is 29.4 Å². The first-order chi connectivity index (χ1) is 23.4. The molecule has 4 N–H and O–H groups in total. The SMILES string of the molecule is CCCCCCCCCCCCS(=O)(=O)NCC(=O)Nc1ccccc1OCC(=O)NC(C)(C)C(C)(C)c1nnc2c(Cl)c(C(C)(C)C)[nH]n12. The molecular formula is C36H58ClN7O5S. The number of unbranched alkanes of at least 4 members (excludes halogenated alkanes) is 9. The van der Waals surface area contributed by atoms with Gasteiger partial charge in [-0.1, -0.05) is 123 Å². The third-order valence-electron chi connectivity index (χ3n) is 9.37. The smallest absolute Gasteiger partial charge is 0.258 e. The first-order valence-electron chi connectivity index (χ1n) is 17.8. The standard InChI is InChI=1S/C36H58ClN7O5S/c1-9-10-11-12-13-14-15-16-17-20-23-50(47,48)38-24-28(45)39-26-21-18-19-22-27(26)49-25-29(46)40-36(7,8)35(5,6)33-42-41-32-30(37)31(34(2,3)4)43-44(32)33/h18-19,21-22,38,43H,9-17,20,23-25H2,1-8H3,(H,39,45)(H,40,46). The number of hydrogen-bond acceptors (Lipinski definition) is 7. The number of benzene rings is 1. The number of H-pyrrole nitrogens is 1. The van der Waals surface area contributed by atoms with Crippen LogP contribution in [0.2, 0.25) is 5.02 Å². The second-order valence-electron chi connectivity index (χ2n) is 15.2. The number of ether oxygens (including phenoxy) is 1. The lowest BCUT2D eigenvalue weighted by molar-refractivity contribution is -0.125. The van der Waals surface area contributed by atoms with Gasteiger partial charge in [-0.2, -0.15) is 0 Å². The summed E-state index contributed by atoms with van der Waals surface area (Å²) in [4.78, 5) is 25.9. The molecule has 3 aromatic rings. The molecule has 2 amide bonds. The topological polar surface area (TPSA) is 160 Å². The van der Waals surface area contributed by atoms with Crippen LogP contribution >= 0.6 is 11.6 Å². The Morgan fingerprint density at radius 2 is 1.48 bits per heavy atom. The molecule has 0 aliphatic rings. The number of nitrogens with one attached hydrogen (secondary N) is 4. The highest BCUT2D eigenvalue weighted by molar-refractivity contribution is 7.89. The lowest BCUT2D eigenvalue weighted by atomic mass is 9.73. The summed E-state index contributed by atoms with van der Waals surface area (Å²) in [5, 5.41) is 18.3. The quantitative estimate of drug-likeness (QED) is 0.0854. The molecule has 0 bridgehead atoms. The zero-order chi connectivity index (χ0) is 37.2. The van der Waals surface area contributed by atoms with Crippen molar-refractivity contribution in [3.05, 3.63) is 40.8 Å². The fourth-order valence-electron chi connectivity index (χ4n) is 5.59. The van der Waals surface area contributed by atoms with Gasteiger partial charge in [-0.25, -0.2) is 17.7 Å². The van der Waals surface area contributed by atoms with Crippen molar-refractivity contribution >= 4 is 44.8 Å². The van der Waals surface area contributed by atoms with E-state index in [9.17, 15) is 18.0 Å². The summed E-state index contributed by atoms with van der Waals surface area (Å²) in [5.41, 5.74) is -0.0825. The first kappa shape index (κ1) is 41.3. The molecule has 0 unspecified atom stereocenters. The van der Waals surface area contributed by atoms with E-state index in [1.54, 1.807) is 28.8 Å². The van der Waals surface area contributed by atoms with Crippen molar-refractivity contribution in [3.63, 3.8) is 0 Å². The summed E-state index contributed by atoms with van der Waals surface area (Å²) in [6, 6.07) is 6.68. The number of aromatic amines is 1. The molecule has 2 heterocycles. The van der Waals surface area contributed by atoms with Crippen molar-refractivity contribution in [2.75, 3.05) is 24.2 Å². The van der Waals surface area contributed by atoms with E-state index in [4.69, 9.17) is 16.3 Å². The van der Waals surface area contributed by atoms with Gasteiger partial charge in [-0.05, 0) is 32.4 Å². The summed E-state index contributed by atoms with van der Waals surface area (Å²) in [6.07, 6.45) is 11.1. The number of amides is 2. The van der Waals surface area contributed by atoms with Gasteiger partial charge in [0.1, 0.15) is 10.8 Å². The van der Waals surface area contributed by atoms with Crippen molar-refractivity contribution in [2.45, 2.75) is 136 Å². The van der Waals surface area contributed by atoms with Gasteiger partial charge in [-0.3, -0.25) is 14.7 Å². The number of para-hydroxylation sites is 2. The van der Waals surface area contributed by atoms with Gasteiger partial charge in [-0.15, -0.1) is 10.2 Å². The van der Waals surface area contributed by atoms with E-state index in [2.05, 4.69) is 58.3 Å². The number of hydrogen-bond donors (Lipinski definition) is 4. The number of fused-ring (bicyclic) bond motifs is 1.